The number of benzene rings is 3. The van der Waals surface area contributed by atoms with Crippen LogP contribution in [0.3, 0.4) is 0 Å². The van der Waals surface area contributed by atoms with Crippen molar-refractivity contribution < 1.29 is 0 Å². The lowest BCUT2D eigenvalue weighted by atomic mass is 9.81. The van der Waals surface area contributed by atoms with E-state index in [1.54, 1.807) is 0 Å². The molecule has 0 radical (unpaired) electrons. The summed E-state index contributed by atoms with van der Waals surface area (Å²) in [6.07, 6.45) is 0. The Labute approximate surface area is 116 Å². The van der Waals surface area contributed by atoms with Gasteiger partial charge in [0, 0.05) is 0 Å². The number of hydrogen-bond acceptors (Lipinski definition) is 0. The summed E-state index contributed by atoms with van der Waals surface area (Å²) in [5.74, 6) is 0. The van der Waals surface area contributed by atoms with Crippen molar-refractivity contribution in [3.8, 4) is 22.3 Å². The largest absolute Gasteiger partial charge is 0.106 e. The second kappa shape index (κ2) is 5.38. The fourth-order valence-electron chi connectivity index (χ4n) is 2.30. The van der Waals surface area contributed by atoms with Crippen molar-refractivity contribution >= 4 is 14.5 Å². The third-order valence-corrected chi connectivity index (χ3v) is 3.62. The van der Waals surface area contributed by atoms with E-state index in [0.29, 0.717) is 0 Å². The van der Waals surface area contributed by atoms with E-state index < -0.39 is 0 Å². The minimum atomic E-state index is 1.24. The maximum Gasteiger partial charge on any atom is -0.00990 e. The Morgan fingerprint density at radius 1 is 0.421 bits per heavy atom. The van der Waals surface area contributed by atoms with Crippen molar-refractivity contribution in [2.24, 2.45) is 0 Å². The zero-order valence-electron chi connectivity index (χ0n) is 10.6. The zero-order chi connectivity index (χ0) is 13.1. The van der Waals surface area contributed by atoms with E-state index >= 15 is 0 Å². The molecular weight excluding hydrogens is 247 g/mol. The first-order valence-corrected chi connectivity index (χ1v) is 6.93. The maximum absolute atomic E-state index is 2.63. The molecule has 0 heterocycles. The van der Waals surface area contributed by atoms with Crippen molar-refractivity contribution in [3.05, 3.63) is 78.9 Å². The molecule has 1 heteroatoms. The van der Waals surface area contributed by atoms with E-state index in [1.165, 1.54) is 27.6 Å². The molecule has 0 spiro atoms. The Morgan fingerprint density at radius 3 is 1.00 bits per heavy atom. The van der Waals surface area contributed by atoms with Crippen molar-refractivity contribution in [3.63, 3.8) is 0 Å². The SMILES string of the molecule is Pc1ccccc1.c1ccc2c(c1)-c1ccccc1-2. The van der Waals surface area contributed by atoms with Gasteiger partial charge in [0.1, 0.15) is 0 Å². The summed E-state index contributed by atoms with van der Waals surface area (Å²) in [6, 6.07) is 27.2. The third-order valence-electron chi connectivity index (χ3n) is 3.23. The molecule has 1 atom stereocenters. The number of fused-ring (bicyclic) bond motifs is 4. The topological polar surface area (TPSA) is 0 Å². The monoisotopic (exact) mass is 262 g/mol. The number of rotatable bonds is 0. The van der Waals surface area contributed by atoms with Gasteiger partial charge in [0.25, 0.3) is 0 Å². The highest BCUT2D eigenvalue weighted by Crippen LogP contribution is 2.46. The van der Waals surface area contributed by atoms with Gasteiger partial charge in [-0.25, -0.2) is 0 Å². The molecule has 3 aromatic rings. The van der Waals surface area contributed by atoms with E-state index in [0.717, 1.165) is 0 Å². The van der Waals surface area contributed by atoms with Gasteiger partial charge in [0.05, 0.1) is 0 Å². The second-order valence-corrected chi connectivity index (χ2v) is 5.17. The summed E-state index contributed by atoms with van der Waals surface area (Å²) in [7, 11) is 2.63. The molecule has 1 aliphatic rings. The molecule has 0 nitrogen and oxygen atoms in total. The van der Waals surface area contributed by atoms with Crippen LogP contribution in [0.5, 0.6) is 0 Å². The molecule has 1 unspecified atom stereocenters. The predicted octanol–water partition coefficient (Wildman–Crippen LogP) is 4.52. The lowest BCUT2D eigenvalue weighted by molar-refractivity contribution is 1.52. The van der Waals surface area contributed by atoms with E-state index in [-0.39, 0.29) is 0 Å². The molecule has 4 rings (SSSR count). The summed E-state index contributed by atoms with van der Waals surface area (Å²) in [6.45, 7) is 0. The fraction of sp³-hybridized carbons (Fsp3) is 0. The van der Waals surface area contributed by atoms with Gasteiger partial charge < -0.3 is 0 Å². The molecule has 0 bridgehead atoms. The van der Waals surface area contributed by atoms with Gasteiger partial charge in [-0.2, -0.15) is 0 Å². The average molecular weight is 262 g/mol. The fourth-order valence-corrected chi connectivity index (χ4v) is 2.52. The molecule has 0 aliphatic heterocycles. The van der Waals surface area contributed by atoms with Gasteiger partial charge in [-0.05, 0) is 27.6 Å². The summed E-state index contributed by atoms with van der Waals surface area (Å²) < 4.78 is 0. The maximum atomic E-state index is 2.63. The van der Waals surface area contributed by atoms with Crippen LogP contribution >= 0.6 is 9.24 Å². The molecule has 0 saturated carbocycles. The zero-order valence-corrected chi connectivity index (χ0v) is 11.7. The van der Waals surface area contributed by atoms with Crippen LogP contribution in [-0.2, 0) is 0 Å². The first-order chi connectivity index (χ1) is 9.36. The summed E-state index contributed by atoms with van der Waals surface area (Å²) in [5.41, 5.74) is 5.59. The molecule has 19 heavy (non-hydrogen) atoms. The third kappa shape index (κ3) is 2.45. The van der Waals surface area contributed by atoms with Crippen LogP contribution in [0.1, 0.15) is 0 Å². The lowest BCUT2D eigenvalue weighted by Gasteiger charge is -2.22. The van der Waals surface area contributed by atoms with Crippen LogP contribution in [-0.4, -0.2) is 0 Å². The predicted molar refractivity (Wildman–Crippen MR) is 86.7 cm³/mol. The first-order valence-electron chi connectivity index (χ1n) is 6.35. The van der Waals surface area contributed by atoms with Crippen LogP contribution in [0.2, 0.25) is 0 Å². The summed E-state index contributed by atoms with van der Waals surface area (Å²) in [4.78, 5) is 0. The summed E-state index contributed by atoms with van der Waals surface area (Å²) in [5, 5.41) is 1.24. The highest BCUT2D eigenvalue weighted by Gasteiger charge is 2.19. The Balaban J connectivity index is 0.000000136. The Bertz CT molecular complexity index is 587. The molecule has 0 amide bonds. The Hall–Kier alpha value is -1.91. The Kier molecular flexibility index (Phi) is 3.44. The van der Waals surface area contributed by atoms with Crippen LogP contribution in [0, 0.1) is 0 Å². The molecule has 1 aliphatic carbocycles. The molecule has 0 aromatic heterocycles. The van der Waals surface area contributed by atoms with E-state index in [2.05, 4.69) is 57.8 Å². The van der Waals surface area contributed by atoms with E-state index in [4.69, 9.17) is 0 Å². The van der Waals surface area contributed by atoms with Gasteiger partial charge >= 0.3 is 0 Å². The Morgan fingerprint density at radius 2 is 0.737 bits per heavy atom. The molecule has 92 valence electrons. The van der Waals surface area contributed by atoms with Crippen LogP contribution in [0.4, 0.5) is 0 Å². The van der Waals surface area contributed by atoms with Crippen LogP contribution < -0.4 is 5.30 Å². The van der Waals surface area contributed by atoms with Crippen molar-refractivity contribution in [1.29, 1.82) is 0 Å². The van der Waals surface area contributed by atoms with E-state index in [9.17, 15) is 0 Å². The van der Waals surface area contributed by atoms with Gasteiger partial charge in [-0.15, -0.1) is 9.24 Å². The summed E-state index contributed by atoms with van der Waals surface area (Å²) >= 11 is 0. The van der Waals surface area contributed by atoms with Crippen molar-refractivity contribution in [2.75, 3.05) is 0 Å². The quantitative estimate of drug-likeness (QED) is 0.409. The standard InChI is InChI=1S/C12H8.C6H7P/c1-2-6-10-9(5-1)11-7-3-4-8-12(10)11;7-6-4-2-1-3-5-6/h1-8H;1-5H,7H2. The van der Waals surface area contributed by atoms with Gasteiger partial charge in [-0.1, -0.05) is 78.9 Å². The van der Waals surface area contributed by atoms with Gasteiger partial charge in [0.2, 0.25) is 0 Å². The lowest BCUT2D eigenvalue weighted by Crippen LogP contribution is -1.96. The average Bonchev–Trinajstić information content (AvgIpc) is 2.46. The molecule has 0 saturated heterocycles. The second-order valence-electron chi connectivity index (χ2n) is 4.50. The molecular formula is C18H15P. The normalized spacial score (nSPS) is 10.4. The molecule has 3 aromatic carbocycles. The highest BCUT2D eigenvalue weighted by atomic mass is 31.0. The van der Waals surface area contributed by atoms with Gasteiger partial charge in [-0.3, -0.25) is 0 Å². The highest BCUT2D eigenvalue weighted by molar-refractivity contribution is 7.27. The van der Waals surface area contributed by atoms with E-state index in [1.807, 2.05) is 30.3 Å². The minimum absolute atomic E-state index is 1.24. The number of hydrogen-bond donors (Lipinski definition) is 0. The van der Waals surface area contributed by atoms with Crippen molar-refractivity contribution in [2.45, 2.75) is 0 Å². The minimum Gasteiger partial charge on any atom is -0.106 e. The van der Waals surface area contributed by atoms with Crippen LogP contribution in [0.25, 0.3) is 22.3 Å². The molecule has 0 fully saturated rings. The van der Waals surface area contributed by atoms with Crippen molar-refractivity contribution in [1.82, 2.24) is 0 Å². The smallest absolute Gasteiger partial charge is 0.00990 e. The first kappa shape index (κ1) is 12.1. The van der Waals surface area contributed by atoms with Gasteiger partial charge in [0.15, 0.2) is 0 Å². The van der Waals surface area contributed by atoms with Crippen LogP contribution in [0.15, 0.2) is 78.9 Å². The molecule has 0 N–H and O–H groups in total.